The van der Waals surface area contributed by atoms with Gasteiger partial charge in [0.2, 0.25) is 0 Å². The molecular formula is C30H40O2. The van der Waals surface area contributed by atoms with Crippen LogP contribution in [0.5, 0.6) is 11.5 Å². The summed E-state index contributed by atoms with van der Waals surface area (Å²) in [6.07, 6.45) is 18.7. The van der Waals surface area contributed by atoms with E-state index < -0.39 is 0 Å². The fourth-order valence-electron chi connectivity index (χ4n) is 7.08. The highest BCUT2D eigenvalue weighted by Crippen LogP contribution is 2.49. The van der Waals surface area contributed by atoms with Crippen LogP contribution in [0, 0.1) is 0 Å². The van der Waals surface area contributed by atoms with Gasteiger partial charge in [-0.3, -0.25) is 0 Å². The maximum absolute atomic E-state index is 10.8. The van der Waals surface area contributed by atoms with Gasteiger partial charge in [-0.15, -0.1) is 0 Å². The Labute approximate surface area is 194 Å². The Morgan fingerprint density at radius 3 is 1.38 bits per heavy atom. The Bertz CT molecular complexity index is 843. The average Bonchev–Trinajstić information content (AvgIpc) is 2.86. The third kappa shape index (κ3) is 4.18. The van der Waals surface area contributed by atoms with E-state index in [0.717, 1.165) is 12.8 Å². The lowest BCUT2D eigenvalue weighted by Crippen LogP contribution is -2.31. The van der Waals surface area contributed by atoms with Gasteiger partial charge in [0.05, 0.1) is 0 Å². The lowest BCUT2D eigenvalue weighted by atomic mass is 9.64. The molecule has 2 aromatic rings. The molecule has 2 N–H and O–H groups in total. The van der Waals surface area contributed by atoms with Gasteiger partial charge >= 0.3 is 0 Å². The van der Waals surface area contributed by atoms with E-state index in [9.17, 15) is 10.2 Å². The molecule has 0 aromatic heterocycles. The van der Waals surface area contributed by atoms with E-state index in [1.54, 1.807) is 0 Å². The molecule has 2 heteroatoms. The van der Waals surface area contributed by atoms with Gasteiger partial charge in [0.15, 0.2) is 0 Å². The fourth-order valence-corrected chi connectivity index (χ4v) is 7.08. The fraction of sp³-hybridized carbons (Fsp3) is 0.600. The molecule has 0 saturated heterocycles. The Morgan fingerprint density at radius 2 is 0.938 bits per heavy atom. The predicted octanol–water partition coefficient (Wildman–Crippen LogP) is 8.44. The molecule has 0 amide bonds. The molecule has 3 fully saturated rings. The lowest BCUT2D eigenvalue weighted by Gasteiger charge is -2.40. The molecule has 0 spiro atoms. The molecule has 3 saturated carbocycles. The zero-order valence-electron chi connectivity index (χ0n) is 19.6. The number of benzene rings is 2. The number of phenols is 2. The number of hydrogen-bond donors (Lipinski definition) is 2. The molecule has 3 aliphatic carbocycles. The van der Waals surface area contributed by atoms with Gasteiger partial charge in [-0.1, -0.05) is 82.1 Å². The maximum Gasteiger partial charge on any atom is 0.119 e. The van der Waals surface area contributed by atoms with E-state index in [4.69, 9.17) is 0 Å². The van der Waals surface area contributed by atoms with Crippen molar-refractivity contribution in [2.24, 2.45) is 0 Å². The topological polar surface area (TPSA) is 40.5 Å². The molecule has 2 aromatic carbocycles. The third-order valence-electron chi connectivity index (χ3n) is 8.96. The molecule has 3 aliphatic rings. The van der Waals surface area contributed by atoms with Crippen molar-refractivity contribution >= 4 is 0 Å². The second-order valence-electron chi connectivity index (χ2n) is 10.9. The predicted molar refractivity (Wildman–Crippen MR) is 132 cm³/mol. The number of aromatic hydroxyl groups is 2. The van der Waals surface area contributed by atoms with Crippen molar-refractivity contribution < 1.29 is 10.2 Å². The third-order valence-corrected chi connectivity index (χ3v) is 8.96. The summed E-state index contributed by atoms with van der Waals surface area (Å²) in [5, 5.41) is 21.5. The monoisotopic (exact) mass is 432 g/mol. The highest BCUT2D eigenvalue weighted by molar-refractivity contribution is 5.50. The summed E-state index contributed by atoms with van der Waals surface area (Å²) in [5.74, 6) is 1.98. The Hall–Kier alpha value is -1.96. The van der Waals surface area contributed by atoms with Crippen molar-refractivity contribution in [1.82, 2.24) is 0 Å². The van der Waals surface area contributed by atoms with Crippen LogP contribution >= 0.6 is 0 Å². The van der Waals surface area contributed by atoms with Gasteiger partial charge in [0, 0.05) is 5.41 Å². The van der Waals surface area contributed by atoms with Crippen molar-refractivity contribution in [2.45, 2.75) is 114 Å². The first kappa shape index (κ1) is 21.9. The number of hydrogen-bond acceptors (Lipinski definition) is 2. The Balaban J connectivity index is 1.56. The highest BCUT2D eigenvalue weighted by atomic mass is 16.3. The number of rotatable bonds is 4. The van der Waals surface area contributed by atoms with Crippen LogP contribution in [0.2, 0.25) is 0 Å². The van der Waals surface area contributed by atoms with E-state index >= 15 is 0 Å². The highest BCUT2D eigenvalue weighted by Gasteiger charge is 2.37. The van der Waals surface area contributed by atoms with Crippen molar-refractivity contribution in [2.75, 3.05) is 0 Å². The summed E-state index contributed by atoms with van der Waals surface area (Å²) in [4.78, 5) is 0. The first-order valence-electron chi connectivity index (χ1n) is 13.3. The lowest BCUT2D eigenvalue weighted by molar-refractivity contribution is 0.342. The molecule has 0 heterocycles. The van der Waals surface area contributed by atoms with Crippen LogP contribution < -0.4 is 0 Å². The summed E-state index contributed by atoms with van der Waals surface area (Å²) in [6.45, 7) is 0. The molecule has 0 bridgehead atoms. The van der Waals surface area contributed by atoms with Crippen molar-refractivity contribution in [3.63, 3.8) is 0 Å². The van der Waals surface area contributed by atoms with E-state index in [1.165, 1.54) is 106 Å². The smallest absolute Gasteiger partial charge is 0.119 e. The SMILES string of the molecule is Oc1ccc(C2(c3ccc(O)c(C4CCCCC4)c3)CCCCC2)cc1C1CCCCC1. The average molecular weight is 433 g/mol. The Morgan fingerprint density at radius 1 is 0.531 bits per heavy atom. The molecule has 0 atom stereocenters. The van der Waals surface area contributed by atoms with Gasteiger partial charge in [0.1, 0.15) is 11.5 Å². The first-order valence-corrected chi connectivity index (χ1v) is 13.3. The summed E-state index contributed by atoms with van der Waals surface area (Å²) in [5.41, 5.74) is 5.13. The molecule has 0 aliphatic heterocycles. The minimum Gasteiger partial charge on any atom is -0.508 e. The van der Waals surface area contributed by atoms with Crippen molar-refractivity contribution in [3.8, 4) is 11.5 Å². The van der Waals surface area contributed by atoms with Crippen LogP contribution in [0.3, 0.4) is 0 Å². The second-order valence-corrected chi connectivity index (χ2v) is 10.9. The number of phenolic OH excluding ortho intramolecular Hbond substituents is 2. The van der Waals surface area contributed by atoms with Gasteiger partial charge in [-0.2, -0.15) is 0 Å². The van der Waals surface area contributed by atoms with Gasteiger partial charge in [0.25, 0.3) is 0 Å². The molecule has 0 unspecified atom stereocenters. The zero-order chi connectivity index (χ0) is 22.0. The van der Waals surface area contributed by atoms with Crippen LogP contribution in [0.15, 0.2) is 36.4 Å². The summed E-state index contributed by atoms with van der Waals surface area (Å²) in [6, 6.07) is 13.1. The van der Waals surface area contributed by atoms with Crippen LogP contribution in [-0.2, 0) is 5.41 Å². The van der Waals surface area contributed by atoms with Gasteiger partial charge in [-0.05, 0) is 84.7 Å². The minimum atomic E-state index is 0.00643. The van der Waals surface area contributed by atoms with Gasteiger partial charge < -0.3 is 10.2 Å². The van der Waals surface area contributed by atoms with Crippen molar-refractivity contribution in [3.05, 3.63) is 58.7 Å². The maximum atomic E-state index is 10.8. The van der Waals surface area contributed by atoms with Crippen LogP contribution in [0.4, 0.5) is 0 Å². The molecular weight excluding hydrogens is 392 g/mol. The molecule has 32 heavy (non-hydrogen) atoms. The summed E-state index contributed by atoms with van der Waals surface area (Å²) < 4.78 is 0. The first-order chi connectivity index (χ1) is 15.7. The molecule has 172 valence electrons. The van der Waals surface area contributed by atoms with E-state index in [0.29, 0.717) is 23.3 Å². The van der Waals surface area contributed by atoms with Crippen LogP contribution in [0.1, 0.15) is 130 Å². The van der Waals surface area contributed by atoms with Crippen LogP contribution in [-0.4, -0.2) is 10.2 Å². The molecule has 5 rings (SSSR count). The quantitative estimate of drug-likeness (QED) is 0.509. The van der Waals surface area contributed by atoms with E-state index in [-0.39, 0.29) is 5.41 Å². The Kier molecular flexibility index (Phi) is 6.49. The normalized spacial score (nSPS) is 22.6. The summed E-state index contributed by atoms with van der Waals surface area (Å²) >= 11 is 0. The van der Waals surface area contributed by atoms with E-state index in [2.05, 4.69) is 24.3 Å². The van der Waals surface area contributed by atoms with Gasteiger partial charge in [-0.25, -0.2) is 0 Å². The summed E-state index contributed by atoms with van der Waals surface area (Å²) in [7, 11) is 0. The zero-order valence-corrected chi connectivity index (χ0v) is 19.6. The minimum absolute atomic E-state index is 0.00643. The largest absolute Gasteiger partial charge is 0.508 e. The molecule has 0 radical (unpaired) electrons. The van der Waals surface area contributed by atoms with E-state index in [1.807, 2.05) is 12.1 Å². The second kappa shape index (κ2) is 9.49. The van der Waals surface area contributed by atoms with Crippen molar-refractivity contribution in [1.29, 1.82) is 0 Å². The van der Waals surface area contributed by atoms with Crippen LogP contribution in [0.25, 0.3) is 0 Å². The molecule has 2 nitrogen and oxygen atoms in total. The standard InChI is InChI=1S/C30H40O2/c31-28-16-14-24(20-26(28)22-10-4-1-5-11-22)30(18-8-3-9-19-30)25-15-17-29(32)27(21-25)23-12-6-2-7-13-23/h14-17,20-23,31-32H,1-13,18-19H2.